The van der Waals surface area contributed by atoms with E-state index in [1.54, 1.807) is 0 Å². The van der Waals surface area contributed by atoms with Crippen LogP contribution in [0.2, 0.25) is 0 Å². The Morgan fingerprint density at radius 2 is 2.11 bits per heavy atom. The maximum absolute atomic E-state index is 5.81. The van der Waals surface area contributed by atoms with Crippen molar-refractivity contribution in [2.75, 3.05) is 0 Å². The summed E-state index contributed by atoms with van der Waals surface area (Å²) in [5.41, 5.74) is 9.67. The average Bonchev–Trinajstić information content (AvgIpc) is 2.73. The zero-order valence-electron chi connectivity index (χ0n) is 11.5. The Morgan fingerprint density at radius 1 is 1.33 bits per heavy atom. The molecule has 0 aliphatic rings. The number of hydrogen-bond donors (Lipinski definition) is 2. The van der Waals surface area contributed by atoms with Crippen molar-refractivity contribution in [1.82, 2.24) is 9.88 Å². The van der Waals surface area contributed by atoms with Crippen LogP contribution >= 0.6 is 0 Å². The van der Waals surface area contributed by atoms with Gasteiger partial charge in [0.15, 0.2) is 0 Å². The summed E-state index contributed by atoms with van der Waals surface area (Å²) in [5.74, 6) is 0. The van der Waals surface area contributed by atoms with Gasteiger partial charge in [-0.2, -0.15) is 0 Å². The summed E-state index contributed by atoms with van der Waals surface area (Å²) < 4.78 is 2.36. The number of benzene rings is 1. The fourth-order valence-electron chi connectivity index (χ4n) is 2.41. The SMILES string of the molecule is CCn1c(CNC(C)C)cc2c(CN)cccc21. The Labute approximate surface area is 109 Å². The molecule has 0 saturated carbocycles. The van der Waals surface area contributed by atoms with Crippen molar-refractivity contribution in [2.45, 2.75) is 46.4 Å². The van der Waals surface area contributed by atoms with Gasteiger partial charge in [-0.15, -0.1) is 0 Å². The quantitative estimate of drug-likeness (QED) is 0.850. The number of aromatic nitrogens is 1. The van der Waals surface area contributed by atoms with Crippen LogP contribution in [0.15, 0.2) is 24.3 Å². The molecule has 0 atom stereocenters. The van der Waals surface area contributed by atoms with Crippen LogP contribution in [-0.2, 0) is 19.6 Å². The first kappa shape index (κ1) is 13.1. The van der Waals surface area contributed by atoms with Gasteiger partial charge < -0.3 is 15.6 Å². The van der Waals surface area contributed by atoms with Gasteiger partial charge in [-0.05, 0) is 24.6 Å². The molecule has 1 aromatic carbocycles. The van der Waals surface area contributed by atoms with Crippen molar-refractivity contribution < 1.29 is 0 Å². The number of rotatable bonds is 5. The highest BCUT2D eigenvalue weighted by molar-refractivity contribution is 5.84. The summed E-state index contributed by atoms with van der Waals surface area (Å²) in [4.78, 5) is 0. The van der Waals surface area contributed by atoms with Crippen LogP contribution in [0, 0.1) is 0 Å². The van der Waals surface area contributed by atoms with Crippen LogP contribution in [-0.4, -0.2) is 10.6 Å². The highest BCUT2D eigenvalue weighted by Crippen LogP contribution is 2.23. The molecule has 0 aliphatic carbocycles. The Hall–Kier alpha value is -1.32. The number of nitrogens with two attached hydrogens (primary N) is 1. The van der Waals surface area contributed by atoms with Crippen molar-refractivity contribution in [3.8, 4) is 0 Å². The molecule has 3 nitrogen and oxygen atoms in total. The Bertz CT molecular complexity index is 526. The van der Waals surface area contributed by atoms with E-state index in [0.717, 1.165) is 13.1 Å². The molecule has 2 aromatic rings. The van der Waals surface area contributed by atoms with E-state index in [4.69, 9.17) is 5.73 Å². The van der Waals surface area contributed by atoms with Gasteiger partial charge in [-0.1, -0.05) is 26.0 Å². The number of hydrogen-bond acceptors (Lipinski definition) is 2. The molecule has 1 aromatic heterocycles. The first-order valence-corrected chi connectivity index (χ1v) is 6.70. The smallest absolute Gasteiger partial charge is 0.0486 e. The standard InChI is InChI=1S/C15H23N3/c1-4-18-13(10-17-11(2)3)8-14-12(9-16)6-5-7-15(14)18/h5-8,11,17H,4,9-10,16H2,1-3H3. The van der Waals surface area contributed by atoms with Crippen molar-refractivity contribution in [3.63, 3.8) is 0 Å². The molecule has 0 spiro atoms. The second-order valence-electron chi connectivity index (χ2n) is 4.97. The summed E-state index contributed by atoms with van der Waals surface area (Å²) in [6.07, 6.45) is 0. The molecule has 18 heavy (non-hydrogen) atoms. The van der Waals surface area contributed by atoms with Crippen LogP contribution in [0.25, 0.3) is 10.9 Å². The summed E-state index contributed by atoms with van der Waals surface area (Å²) in [6.45, 7) is 9.03. The minimum atomic E-state index is 0.502. The molecular weight excluding hydrogens is 222 g/mol. The molecule has 2 rings (SSSR count). The highest BCUT2D eigenvalue weighted by Gasteiger charge is 2.09. The minimum Gasteiger partial charge on any atom is -0.344 e. The maximum Gasteiger partial charge on any atom is 0.0486 e. The molecule has 0 aliphatic heterocycles. The van der Waals surface area contributed by atoms with E-state index in [-0.39, 0.29) is 0 Å². The van der Waals surface area contributed by atoms with Crippen LogP contribution in [0.3, 0.4) is 0 Å². The second-order valence-corrected chi connectivity index (χ2v) is 4.97. The average molecular weight is 245 g/mol. The summed E-state index contributed by atoms with van der Waals surface area (Å²) in [5, 5.41) is 4.78. The molecule has 98 valence electrons. The summed E-state index contributed by atoms with van der Waals surface area (Å²) in [7, 11) is 0. The zero-order chi connectivity index (χ0) is 13.1. The molecule has 0 bridgehead atoms. The van der Waals surface area contributed by atoms with Gasteiger partial charge in [0.2, 0.25) is 0 Å². The zero-order valence-corrected chi connectivity index (χ0v) is 11.5. The van der Waals surface area contributed by atoms with Crippen molar-refractivity contribution in [2.24, 2.45) is 5.73 Å². The maximum atomic E-state index is 5.81. The predicted octanol–water partition coefficient (Wildman–Crippen LogP) is 2.62. The fraction of sp³-hybridized carbons (Fsp3) is 0.467. The summed E-state index contributed by atoms with van der Waals surface area (Å²) >= 11 is 0. The van der Waals surface area contributed by atoms with Crippen molar-refractivity contribution in [1.29, 1.82) is 0 Å². The minimum absolute atomic E-state index is 0.502. The third-order valence-corrected chi connectivity index (χ3v) is 3.35. The molecule has 0 fully saturated rings. The van der Waals surface area contributed by atoms with Crippen LogP contribution in [0.1, 0.15) is 32.0 Å². The monoisotopic (exact) mass is 245 g/mol. The number of nitrogens with zero attached hydrogens (tertiary/aromatic N) is 1. The van der Waals surface area contributed by atoms with Crippen LogP contribution < -0.4 is 11.1 Å². The van der Waals surface area contributed by atoms with E-state index >= 15 is 0 Å². The first-order valence-electron chi connectivity index (χ1n) is 6.70. The van der Waals surface area contributed by atoms with Crippen LogP contribution in [0.5, 0.6) is 0 Å². The van der Waals surface area contributed by atoms with Crippen molar-refractivity contribution in [3.05, 3.63) is 35.5 Å². The lowest BCUT2D eigenvalue weighted by atomic mass is 10.1. The van der Waals surface area contributed by atoms with Crippen LogP contribution in [0.4, 0.5) is 0 Å². The Morgan fingerprint density at radius 3 is 2.72 bits per heavy atom. The molecular formula is C15H23N3. The predicted molar refractivity (Wildman–Crippen MR) is 77.5 cm³/mol. The van der Waals surface area contributed by atoms with E-state index < -0.39 is 0 Å². The van der Waals surface area contributed by atoms with E-state index in [1.165, 1.54) is 22.2 Å². The third kappa shape index (κ3) is 2.42. The molecule has 3 N–H and O–H groups in total. The lowest BCUT2D eigenvalue weighted by Crippen LogP contribution is -2.23. The van der Waals surface area contributed by atoms with Gasteiger partial charge in [0.1, 0.15) is 0 Å². The molecule has 0 unspecified atom stereocenters. The molecule has 3 heteroatoms. The lowest BCUT2D eigenvalue weighted by molar-refractivity contribution is 0.564. The first-order chi connectivity index (χ1) is 8.67. The van der Waals surface area contributed by atoms with E-state index in [2.05, 4.69) is 54.9 Å². The molecule has 0 saturated heterocycles. The lowest BCUT2D eigenvalue weighted by Gasteiger charge is -2.11. The third-order valence-electron chi connectivity index (χ3n) is 3.35. The second kappa shape index (κ2) is 5.55. The van der Waals surface area contributed by atoms with E-state index in [0.29, 0.717) is 12.6 Å². The van der Waals surface area contributed by atoms with Gasteiger partial charge >= 0.3 is 0 Å². The van der Waals surface area contributed by atoms with E-state index in [1.807, 2.05) is 0 Å². The number of fused-ring (bicyclic) bond motifs is 1. The normalized spacial score (nSPS) is 11.6. The van der Waals surface area contributed by atoms with Crippen molar-refractivity contribution >= 4 is 10.9 Å². The molecule has 0 radical (unpaired) electrons. The van der Waals surface area contributed by atoms with Gasteiger partial charge in [0.25, 0.3) is 0 Å². The van der Waals surface area contributed by atoms with Gasteiger partial charge in [-0.3, -0.25) is 0 Å². The highest BCUT2D eigenvalue weighted by atomic mass is 15.0. The fourth-order valence-corrected chi connectivity index (χ4v) is 2.41. The molecule has 0 amide bonds. The Kier molecular flexibility index (Phi) is 4.04. The largest absolute Gasteiger partial charge is 0.344 e. The Balaban J connectivity index is 2.46. The van der Waals surface area contributed by atoms with Gasteiger partial charge in [0.05, 0.1) is 0 Å². The van der Waals surface area contributed by atoms with E-state index in [9.17, 15) is 0 Å². The number of aryl methyl sites for hydroxylation is 1. The number of nitrogens with one attached hydrogen (secondary N) is 1. The topological polar surface area (TPSA) is 43.0 Å². The van der Waals surface area contributed by atoms with Gasteiger partial charge in [0, 0.05) is 42.3 Å². The summed E-state index contributed by atoms with van der Waals surface area (Å²) in [6, 6.07) is 9.16. The molecule has 1 heterocycles. The van der Waals surface area contributed by atoms with Gasteiger partial charge in [-0.25, -0.2) is 0 Å².